The first kappa shape index (κ1) is 31.7. The molecule has 0 spiro atoms. The fourth-order valence-corrected chi connectivity index (χ4v) is 5.37. The fourth-order valence-electron chi connectivity index (χ4n) is 5.37. The molecule has 2 aromatic carbocycles. The number of hydrogen-bond donors (Lipinski definition) is 2. The Balaban J connectivity index is 0.000000220. The first-order valence-electron chi connectivity index (χ1n) is 14.4. The molecule has 4 rings (SSSR count). The molecule has 0 unspecified atom stereocenters. The minimum atomic E-state index is -4.33. The molecular formula is C30H42F6N4. The van der Waals surface area contributed by atoms with Gasteiger partial charge >= 0.3 is 12.4 Å². The average molecular weight is 573 g/mol. The van der Waals surface area contributed by atoms with Crippen LogP contribution >= 0.6 is 0 Å². The van der Waals surface area contributed by atoms with Crippen LogP contribution in [0, 0.1) is 0 Å². The first-order valence-corrected chi connectivity index (χ1v) is 14.4. The Labute approximate surface area is 233 Å². The Morgan fingerprint density at radius 1 is 0.450 bits per heavy atom. The maximum absolute atomic E-state index is 12.6. The molecule has 0 aliphatic carbocycles. The Morgan fingerprint density at radius 3 is 0.975 bits per heavy atom. The van der Waals surface area contributed by atoms with Gasteiger partial charge in [-0.1, -0.05) is 51.4 Å². The maximum Gasteiger partial charge on any atom is 0.416 e. The third-order valence-corrected chi connectivity index (χ3v) is 7.60. The van der Waals surface area contributed by atoms with Gasteiger partial charge in [-0.2, -0.15) is 26.3 Å². The van der Waals surface area contributed by atoms with Crippen molar-refractivity contribution in [2.24, 2.45) is 0 Å². The number of hydrogen-bond acceptors (Lipinski definition) is 4. The van der Waals surface area contributed by atoms with Crippen molar-refractivity contribution < 1.29 is 26.3 Å². The van der Waals surface area contributed by atoms with Crippen molar-refractivity contribution in [1.82, 2.24) is 0 Å². The van der Waals surface area contributed by atoms with Gasteiger partial charge in [0.2, 0.25) is 0 Å². The summed E-state index contributed by atoms with van der Waals surface area (Å²) in [6.07, 6.45) is 5.31. The first-order chi connectivity index (χ1) is 19.0. The number of halogens is 6. The third kappa shape index (κ3) is 9.70. The summed E-state index contributed by atoms with van der Waals surface area (Å²) < 4.78 is 75.9. The zero-order valence-corrected chi connectivity index (χ0v) is 23.1. The lowest BCUT2D eigenvalue weighted by Crippen LogP contribution is -2.26. The second-order valence-corrected chi connectivity index (χ2v) is 10.8. The molecule has 10 heteroatoms. The molecule has 2 fully saturated rings. The summed E-state index contributed by atoms with van der Waals surface area (Å²) in [5, 5.41) is 0. The van der Waals surface area contributed by atoms with Crippen LogP contribution in [0.5, 0.6) is 0 Å². The minimum Gasteiger partial charge on any atom is -0.397 e. The molecule has 0 aromatic heterocycles. The van der Waals surface area contributed by atoms with E-state index in [1.54, 1.807) is 0 Å². The van der Waals surface area contributed by atoms with Crippen molar-refractivity contribution in [2.45, 2.75) is 89.4 Å². The van der Waals surface area contributed by atoms with E-state index in [-0.39, 0.29) is 11.4 Å². The predicted octanol–water partition coefficient (Wildman–Crippen LogP) is 8.90. The number of nitrogens with zero attached hydrogens (tertiary/aromatic N) is 2. The van der Waals surface area contributed by atoms with Crippen LogP contribution in [0.15, 0.2) is 36.4 Å². The van der Waals surface area contributed by atoms with Gasteiger partial charge in [0.25, 0.3) is 0 Å². The number of rotatable bonds is 2. The minimum absolute atomic E-state index is 0.221. The highest BCUT2D eigenvalue weighted by Gasteiger charge is 2.32. The Kier molecular flexibility index (Phi) is 11.7. The molecule has 4 N–H and O–H groups in total. The van der Waals surface area contributed by atoms with Crippen LogP contribution in [-0.2, 0) is 12.4 Å². The molecule has 0 bridgehead atoms. The number of alkyl halides is 6. The van der Waals surface area contributed by atoms with Gasteiger partial charge in [-0.05, 0) is 62.1 Å². The number of nitrogens with two attached hydrogens (primary N) is 2. The van der Waals surface area contributed by atoms with Crippen molar-refractivity contribution in [3.63, 3.8) is 0 Å². The van der Waals surface area contributed by atoms with Crippen molar-refractivity contribution in [3.8, 4) is 0 Å². The topological polar surface area (TPSA) is 58.5 Å². The van der Waals surface area contributed by atoms with Gasteiger partial charge in [0.05, 0.1) is 33.9 Å². The third-order valence-electron chi connectivity index (χ3n) is 7.60. The summed E-state index contributed by atoms with van der Waals surface area (Å²) in [5.74, 6) is 0. The summed E-state index contributed by atoms with van der Waals surface area (Å²) in [5.41, 5.74) is 12.2. The van der Waals surface area contributed by atoms with Gasteiger partial charge in [-0.25, -0.2) is 0 Å². The molecule has 4 nitrogen and oxygen atoms in total. The highest BCUT2D eigenvalue weighted by molar-refractivity contribution is 5.69. The SMILES string of the molecule is Nc1cc(C(F)(F)F)ccc1N1CCCCCCCC1.Nc1cc(C(F)(F)F)ccc1N1CCCCCCCC1. The van der Waals surface area contributed by atoms with Crippen LogP contribution < -0.4 is 21.3 Å². The number of benzene rings is 2. The lowest BCUT2D eigenvalue weighted by molar-refractivity contribution is -0.138. The van der Waals surface area contributed by atoms with E-state index >= 15 is 0 Å². The smallest absolute Gasteiger partial charge is 0.397 e. The Hall–Kier alpha value is -2.78. The zero-order chi connectivity index (χ0) is 29.2. The molecule has 2 saturated heterocycles. The van der Waals surface area contributed by atoms with E-state index in [2.05, 4.69) is 9.80 Å². The van der Waals surface area contributed by atoms with E-state index in [1.807, 2.05) is 0 Å². The molecule has 224 valence electrons. The van der Waals surface area contributed by atoms with E-state index in [0.29, 0.717) is 0 Å². The van der Waals surface area contributed by atoms with Gasteiger partial charge in [0, 0.05) is 26.2 Å². The van der Waals surface area contributed by atoms with Crippen LogP contribution in [0.1, 0.15) is 88.2 Å². The van der Waals surface area contributed by atoms with Crippen LogP contribution in [0.4, 0.5) is 49.1 Å². The van der Waals surface area contributed by atoms with Gasteiger partial charge < -0.3 is 21.3 Å². The molecule has 0 saturated carbocycles. The van der Waals surface area contributed by atoms with Gasteiger partial charge in [-0.15, -0.1) is 0 Å². The maximum atomic E-state index is 12.6. The normalized spacial score (nSPS) is 18.2. The van der Waals surface area contributed by atoms with E-state index in [9.17, 15) is 26.3 Å². The number of anilines is 4. The van der Waals surface area contributed by atoms with Crippen molar-refractivity contribution in [3.05, 3.63) is 47.5 Å². The summed E-state index contributed by atoms with van der Waals surface area (Å²) in [6.45, 7) is 3.48. The summed E-state index contributed by atoms with van der Waals surface area (Å²) >= 11 is 0. The van der Waals surface area contributed by atoms with Crippen LogP contribution in [-0.4, -0.2) is 26.2 Å². The van der Waals surface area contributed by atoms with Crippen LogP contribution in [0.2, 0.25) is 0 Å². The monoisotopic (exact) mass is 572 g/mol. The second kappa shape index (κ2) is 14.7. The fraction of sp³-hybridized carbons (Fsp3) is 0.600. The molecule has 0 atom stereocenters. The summed E-state index contributed by atoms with van der Waals surface area (Å²) in [6, 6.07) is 7.35. The van der Waals surface area contributed by atoms with Crippen molar-refractivity contribution >= 4 is 22.7 Å². The molecule has 0 radical (unpaired) electrons. The summed E-state index contributed by atoms with van der Waals surface area (Å²) in [7, 11) is 0. The Bertz CT molecular complexity index is 950. The molecule has 0 amide bonds. The van der Waals surface area contributed by atoms with Crippen LogP contribution in [0.25, 0.3) is 0 Å². The van der Waals surface area contributed by atoms with Gasteiger partial charge in [0.1, 0.15) is 0 Å². The molecule has 2 aliphatic heterocycles. The quantitative estimate of drug-likeness (QED) is 0.279. The molecule has 2 aromatic rings. The van der Waals surface area contributed by atoms with Gasteiger partial charge in [0.15, 0.2) is 0 Å². The highest BCUT2D eigenvalue weighted by atomic mass is 19.4. The lowest BCUT2D eigenvalue weighted by Gasteiger charge is -2.26. The van der Waals surface area contributed by atoms with Crippen molar-refractivity contribution in [2.75, 3.05) is 47.4 Å². The van der Waals surface area contributed by atoms with E-state index in [1.165, 1.54) is 63.5 Å². The molecule has 40 heavy (non-hydrogen) atoms. The van der Waals surface area contributed by atoms with Gasteiger partial charge in [-0.3, -0.25) is 0 Å². The van der Waals surface area contributed by atoms with E-state index in [4.69, 9.17) is 11.5 Å². The highest BCUT2D eigenvalue weighted by Crippen LogP contribution is 2.36. The molecule has 2 aliphatic rings. The van der Waals surface area contributed by atoms with Crippen molar-refractivity contribution in [1.29, 1.82) is 0 Å². The molecular weight excluding hydrogens is 530 g/mol. The summed E-state index contributed by atoms with van der Waals surface area (Å²) in [4.78, 5) is 4.25. The lowest BCUT2D eigenvalue weighted by atomic mass is 10.1. The second-order valence-electron chi connectivity index (χ2n) is 10.8. The zero-order valence-electron chi connectivity index (χ0n) is 23.1. The average Bonchev–Trinajstić information content (AvgIpc) is 3.11. The number of nitrogen functional groups attached to an aromatic ring is 2. The van der Waals surface area contributed by atoms with Crippen LogP contribution in [0.3, 0.4) is 0 Å². The van der Waals surface area contributed by atoms with E-state index in [0.717, 1.165) is 87.5 Å². The Morgan fingerprint density at radius 2 is 0.725 bits per heavy atom. The molecule has 2 heterocycles. The van der Waals surface area contributed by atoms with E-state index < -0.39 is 23.5 Å². The predicted molar refractivity (Wildman–Crippen MR) is 152 cm³/mol. The standard InChI is InChI=1S/2C15H21F3N2/c2*16-15(17,18)12-7-8-14(13(19)11-12)20-9-5-3-1-2-4-6-10-20/h2*7-8,11H,1-6,9-10,19H2. The largest absolute Gasteiger partial charge is 0.416 e.